The molecule has 0 aliphatic heterocycles. The van der Waals surface area contributed by atoms with E-state index < -0.39 is 0 Å². The molecule has 4 heteroatoms. The molecule has 1 aromatic carbocycles. The van der Waals surface area contributed by atoms with Crippen molar-refractivity contribution in [2.45, 2.75) is 20.4 Å². The van der Waals surface area contributed by atoms with Crippen molar-refractivity contribution in [3.63, 3.8) is 0 Å². The number of thiophene rings is 1. The van der Waals surface area contributed by atoms with E-state index in [0.717, 1.165) is 16.1 Å². The standard InChI is InChI=1S/C15H18N2OS/c1-10-7-14(19-11(10)2)15(18)17(3)9-12-5-4-6-13(16)8-12/h4-8H,9,16H2,1-3H3. The van der Waals surface area contributed by atoms with E-state index in [4.69, 9.17) is 5.73 Å². The molecule has 0 unspecified atom stereocenters. The molecule has 0 bridgehead atoms. The van der Waals surface area contributed by atoms with Crippen LogP contribution in [0.4, 0.5) is 5.69 Å². The van der Waals surface area contributed by atoms with Gasteiger partial charge in [0, 0.05) is 24.2 Å². The van der Waals surface area contributed by atoms with Gasteiger partial charge in [-0.1, -0.05) is 12.1 Å². The fourth-order valence-corrected chi connectivity index (χ4v) is 2.93. The van der Waals surface area contributed by atoms with Crippen molar-refractivity contribution >= 4 is 22.9 Å². The van der Waals surface area contributed by atoms with E-state index in [-0.39, 0.29) is 5.91 Å². The van der Waals surface area contributed by atoms with Crippen LogP contribution in [0.25, 0.3) is 0 Å². The Morgan fingerprint density at radius 2 is 2.05 bits per heavy atom. The predicted molar refractivity (Wildman–Crippen MR) is 80.4 cm³/mol. The first-order valence-corrected chi connectivity index (χ1v) is 6.96. The second-order valence-corrected chi connectivity index (χ2v) is 6.01. The van der Waals surface area contributed by atoms with Crippen molar-refractivity contribution < 1.29 is 4.79 Å². The SMILES string of the molecule is Cc1cc(C(=O)N(C)Cc2cccc(N)c2)sc1C. The smallest absolute Gasteiger partial charge is 0.263 e. The monoisotopic (exact) mass is 274 g/mol. The molecule has 0 aliphatic carbocycles. The number of benzene rings is 1. The van der Waals surface area contributed by atoms with E-state index in [1.54, 1.807) is 16.2 Å². The van der Waals surface area contributed by atoms with Crippen LogP contribution in [0.1, 0.15) is 25.7 Å². The summed E-state index contributed by atoms with van der Waals surface area (Å²) in [6, 6.07) is 9.58. The number of carbonyl (C=O) groups excluding carboxylic acids is 1. The Kier molecular flexibility index (Phi) is 3.90. The van der Waals surface area contributed by atoms with Crippen LogP contribution in [0.5, 0.6) is 0 Å². The molecular formula is C15H18N2OS. The fourth-order valence-electron chi connectivity index (χ4n) is 1.90. The average molecular weight is 274 g/mol. The Labute approximate surface area is 117 Å². The highest BCUT2D eigenvalue weighted by Gasteiger charge is 2.15. The molecule has 1 heterocycles. The summed E-state index contributed by atoms with van der Waals surface area (Å²) in [5.41, 5.74) is 8.68. The van der Waals surface area contributed by atoms with Crippen LogP contribution in [0.15, 0.2) is 30.3 Å². The molecule has 0 saturated heterocycles. The normalized spacial score (nSPS) is 10.5. The number of nitrogen functional groups attached to an aromatic ring is 1. The highest BCUT2D eigenvalue weighted by atomic mass is 32.1. The van der Waals surface area contributed by atoms with Gasteiger partial charge in [-0.05, 0) is 43.2 Å². The summed E-state index contributed by atoms with van der Waals surface area (Å²) in [6.07, 6.45) is 0. The lowest BCUT2D eigenvalue weighted by atomic mass is 10.2. The van der Waals surface area contributed by atoms with E-state index in [1.807, 2.05) is 51.2 Å². The number of hydrogen-bond donors (Lipinski definition) is 1. The van der Waals surface area contributed by atoms with E-state index >= 15 is 0 Å². The van der Waals surface area contributed by atoms with Gasteiger partial charge in [-0.25, -0.2) is 0 Å². The van der Waals surface area contributed by atoms with Crippen LogP contribution < -0.4 is 5.73 Å². The molecule has 100 valence electrons. The fraction of sp³-hybridized carbons (Fsp3) is 0.267. The maximum absolute atomic E-state index is 12.3. The third kappa shape index (κ3) is 3.15. The van der Waals surface area contributed by atoms with Crippen LogP contribution in [-0.4, -0.2) is 17.9 Å². The Balaban J connectivity index is 2.11. The van der Waals surface area contributed by atoms with E-state index in [0.29, 0.717) is 6.54 Å². The number of carbonyl (C=O) groups is 1. The summed E-state index contributed by atoms with van der Waals surface area (Å²) in [4.78, 5) is 16.0. The summed E-state index contributed by atoms with van der Waals surface area (Å²) >= 11 is 1.55. The lowest BCUT2D eigenvalue weighted by molar-refractivity contribution is 0.0790. The van der Waals surface area contributed by atoms with Crippen LogP contribution in [0, 0.1) is 13.8 Å². The summed E-state index contributed by atoms with van der Waals surface area (Å²) in [7, 11) is 1.82. The zero-order chi connectivity index (χ0) is 14.0. The second kappa shape index (κ2) is 5.45. The molecule has 0 saturated carbocycles. The van der Waals surface area contributed by atoms with Crippen molar-refractivity contribution in [1.82, 2.24) is 4.90 Å². The average Bonchev–Trinajstić information content (AvgIpc) is 2.68. The zero-order valence-corrected chi connectivity index (χ0v) is 12.3. The van der Waals surface area contributed by atoms with Gasteiger partial charge >= 0.3 is 0 Å². The summed E-state index contributed by atoms with van der Waals surface area (Å²) in [5.74, 6) is 0.0589. The third-order valence-electron chi connectivity index (χ3n) is 3.09. The topological polar surface area (TPSA) is 46.3 Å². The summed E-state index contributed by atoms with van der Waals surface area (Å²) < 4.78 is 0. The quantitative estimate of drug-likeness (QED) is 0.874. The number of anilines is 1. The van der Waals surface area contributed by atoms with Gasteiger partial charge < -0.3 is 10.6 Å². The number of rotatable bonds is 3. The highest BCUT2D eigenvalue weighted by Crippen LogP contribution is 2.22. The summed E-state index contributed by atoms with van der Waals surface area (Å²) in [6.45, 7) is 4.63. The molecule has 0 spiro atoms. The zero-order valence-electron chi connectivity index (χ0n) is 11.4. The van der Waals surface area contributed by atoms with Crippen molar-refractivity contribution in [3.8, 4) is 0 Å². The van der Waals surface area contributed by atoms with Crippen molar-refractivity contribution in [1.29, 1.82) is 0 Å². The predicted octanol–water partition coefficient (Wildman–Crippen LogP) is 3.22. The first-order valence-electron chi connectivity index (χ1n) is 6.14. The van der Waals surface area contributed by atoms with Gasteiger partial charge in [0.15, 0.2) is 0 Å². The Bertz CT molecular complexity index is 584. The molecule has 1 aromatic heterocycles. The third-order valence-corrected chi connectivity index (χ3v) is 4.23. The lowest BCUT2D eigenvalue weighted by Gasteiger charge is -2.16. The van der Waals surface area contributed by atoms with Gasteiger partial charge in [-0.3, -0.25) is 4.79 Å². The number of nitrogens with zero attached hydrogens (tertiary/aromatic N) is 1. The number of amides is 1. The molecule has 2 rings (SSSR count). The van der Waals surface area contributed by atoms with Crippen molar-refractivity contribution in [3.05, 3.63) is 51.2 Å². The van der Waals surface area contributed by atoms with Crippen LogP contribution in [0.3, 0.4) is 0 Å². The number of hydrogen-bond acceptors (Lipinski definition) is 3. The lowest BCUT2D eigenvalue weighted by Crippen LogP contribution is -2.25. The Morgan fingerprint density at radius 3 is 2.63 bits per heavy atom. The second-order valence-electron chi connectivity index (χ2n) is 4.76. The van der Waals surface area contributed by atoms with E-state index in [9.17, 15) is 4.79 Å². The van der Waals surface area contributed by atoms with Gasteiger partial charge in [-0.2, -0.15) is 0 Å². The van der Waals surface area contributed by atoms with Crippen LogP contribution in [-0.2, 0) is 6.54 Å². The minimum Gasteiger partial charge on any atom is -0.399 e. The molecule has 2 N–H and O–H groups in total. The van der Waals surface area contributed by atoms with Gasteiger partial charge in [0.25, 0.3) is 5.91 Å². The summed E-state index contributed by atoms with van der Waals surface area (Å²) in [5, 5.41) is 0. The Hall–Kier alpha value is -1.81. The molecule has 19 heavy (non-hydrogen) atoms. The largest absolute Gasteiger partial charge is 0.399 e. The van der Waals surface area contributed by atoms with Gasteiger partial charge in [0.05, 0.1) is 4.88 Å². The molecule has 0 radical (unpaired) electrons. The maximum Gasteiger partial charge on any atom is 0.263 e. The molecule has 1 amide bonds. The molecular weight excluding hydrogens is 256 g/mol. The minimum atomic E-state index is 0.0589. The van der Waals surface area contributed by atoms with Crippen molar-refractivity contribution in [2.24, 2.45) is 0 Å². The van der Waals surface area contributed by atoms with Crippen LogP contribution >= 0.6 is 11.3 Å². The van der Waals surface area contributed by atoms with Gasteiger partial charge in [0.2, 0.25) is 0 Å². The van der Waals surface area contributed by atoms with E-state index in [2.05, 4.69) is 0 Å². The van der Waals surface area contributed by atoms with Gasteiger partial charge in [0.1, 0.15) is 0 Å². The maximum atomic E-state index is 12.3. The molecule has 3 nitrogen and oxygen atoms in total. The van der Waals surface area contributed by atoms with Crippen LogP contribution in [0.2, 0.25) is 0 Å². The van der Waals surface area contributed by atoms with Gasteiger partial charge in [-0.15, -0.1) is 11.3 Å². The van der Waals surface area contributed by atoms with E-state index in [1.165, 1.54) is 10.4 Å². The minimum absolute atomic E-state index is 0.0589. The first kappa shape index (κ1) is 13.6. The molecule has 2 aromatic rings. The molecule has 0 fully saturated rings. The highest BCUT2D eigenvalue weighted by molar-refractivity contribution is 7.14. The molecule has 0 aliphatic rings. The number of nitrogens with two attached hydrogens (primary N) is 1. The number of aryl methyl sites for hydroxylation is 2. The molecule has 0 atom stereocenters. The van der Waals surface area contributed by atoms with Crippen molar-refractivity contribution in [2.75, 3.05) is 12.8 Å². The first-order chi connectivity index (χ1) is 8.97. The Morgan fingerprint density at radius 1 is 1.32 bits per heavy atom.